The molecule has 1 amide bonds. The van der Waals surface area contributed by atoms with Crippen LogP contribution < -0.4 is 10.2 Å². The minimum absolute atomic E-state index is 0.221. The van der Waals surface area contributed by atoms with Gasteiger partial charge < -0.3 is 15.3 Å². The SMILES string of the molecule is CC1CCCN1C1CCN(c2ccc(NC(=O)c3cc(Cl)cc(Cl)c3)cc2)C1.O=C(O)C(F)(F)F. The van der Waals surface area contributed by atoms with Gasteiger partial charge in [-0.25, -0.2) is 4.79 Å². The fraction of sp³-hybridized carbons (Fsp3) is 0.417. The molecule has 2 N–H and O–H groups in total. The summed E-state index contributed by atoms with van der Waals surface area (Å²) in [6.45, 7) is 5.75. The first-order valence-corrected chi connectivity index (χ1v) is 11.9. The maximum Gasteiger partial charge on any atom is 0.490 e. The van der Waals surface area contributed by atoms with Crippen molar-refractivity contribution in [3.63, 3.8) is 0 Å². The first kappa shape index (κ1) is 27.1. The van der Waals surface area contributed by atoms with Crippen molar-refractivity contribution in [2.24, 2.45) is 0 Å². The van der Waals surface area contributed by atoms with Crippen molar-refractivity contribution >= 4 is 46.5 Å². The summed E-state index contributed by atoms with van der Waals surface area (Å²) in [5.41, 5.74) is 2.41. The molecule has 0 radical (unpaired) electrons. The minimum atomic E-state index is -5.08. The van der Waals surface area contributed by atoms with Gasteiger partial charge >= 0.3 is 12.1 Å². The van der Waals surface area contributed by atoms with Gasteiger partial charge in [0.2, 0.25) is 0 Å². The average molecular weight is 532 g/mol. The normalized spacial score (nSPS) is 20.3. The molecule has 0 aliphatic carbocycles. The van der Waals surface area contributed by atoms with Crippen LogP contribution >= 0.6 is 23.2 Å². The Balaban J connectivity index is 0.000000429. The number of halogens is 5. The number of nitrogens with zero attached hydrogens (tertiary/aromatic N) is 2. The van der Waals surface area contributed by atoms with Gasteiger partial charge in [-0.1, -0.05) is 23.2 Å². The van der Waals surface area contributed by atoms with Crippen molar-refractivity contribution in [1.29, 1.82) is 0 Å². The zero-order chi connectivity index (χ0) is 25.8. The Morgan fingerprint density at radius 3 is 2.14 bits per heavy atom. The van der Waals surface area contributed by atoms with E-state index < -0.39 is 12.1 Å². The van der Waals surface area contributed by atoms with Crippen LogP contribution in [0.5, 0.6) is 0 Å². The Labute approximate surface area is 211 Å². The lowest BCUT2D eigenvalue weighted by Gasteiger charge is -2.28. The van der Waals surface area contributed by atoms with Crippen LogP contribution in [0.3, 0.4) is 0 Å². The Hall–Kier alpha value is -2.49. The lowest BCUT2D eigenvalue weighted by molar-refractivity contribution is -0.192. The molecule has 190 valence electrons. The lowest BCUT2D eigenvalue weighted by atomic mass is 10.2. The quantitative estimate of drug-likeness (QED) is 0.510. The Morgan fingerprint density at radius 2 is 1.63 bits per heavy atom. The molecule has 0 saturated carbocycles. The highest BCUT2D eigenvalue weighted by atomic mass is 35.5. The summed E-state index contributed by atoms with van der Waals surface area (Å²) in [5.74, 6) is -2.98. The fourth-order valence-electron chi connectivity index (χ4n) is 4.39. The number of carboxylic acids is 1. The fourth-order valence-corrected chi connectivity index (χ4v) is 4.91. The van der Waals surface area contributed by atoms with Crippen molar-refractivity contribution < 1.29 is 27.9 Å². The molecular weight excluding hydrogens is 506 g/mol. The van der Waals surface area contributed by atoms with Gasteiger partial charge in [0.05, 0.1) is 0 Å². The number of carbonyl (C=O) groups is 2. The van der Waals surface area contributed by atoms with E-state index in [1.54, 1.807) is 18.2 Å². The molecule has 2 aliphatic rings. The predicted molar refractivity (Wildman–Crippen MR) is 131 cm³/mol. The second kappa shape index (κ2) is 11.5. The number of rotatable bonds is 4. The zero-order valence-corrected chi connectivity index (χ0v) is 20.5. The maximum atomic E-state index is 12.4. The Kier molecular flexibility index (Phi) is 8.90. The van der Waals surface area contributed by atoms with Crippen LogP contribution in [0.25, 0.3) is 0 Å². The second-order valence-electron chi connectivity index (χ2n) is 8.58. The molecule has 2 unspecified atom stereocenters. The third-order valence-electron chi connectivity index (χ3n) is 6.09. The van der Waals surface area contributed by atoms with Crippen molar-refractivity contribution in [1.82, 2.24) is 4.90 Å². The molecule has 0 bridgehead atoms. The van der Waals surface area contributed by atoms with E-state index in [0.29, 0.717) is 27.7 Å². The molecule has 2 heterocycles. The van der Waals surface area contributed by atoms with Gasteiger partial charge in [-0.05, 0) is 75.2 Å². The zero-order valence-electron chi connectivity index (χ0n) is 19.0. The highest BCUT2D eigenvalue weighted by Gasteiger charge is 2.38. The van der Waals surface area contributed by atoms with Crippen LogP contribution in [0.15, 0.2) is 42.5 Å². The summed E-state index contributed by atoms with van der Waals surface area (Å²) in [6, 6.07) is 14.3. The highest BCUT2D eigenvalue weighted by Crippen LogP contribution is 2.29. The first-order valence-electron chi connectivity index (χ1n) is 11.1. The van der Waals surface area contributed by atoms with Gasteiger partial charge in [-0.2, -0.15) is 13.2 Å². The molecule has 0 aromatic heterocycles. The lowest BCUT2D eigenvalue weighted by Crippen LogP contribution is -2.39. The average Bonchev–Trinajstić information content (AvgIpc) is 3.42. The van der Waals surface area contributed by atoms with Crippen LogP contribution in [0, 0.1) is 0 Å². The number of hydrogen-bond acceptors (Lipinski definition) is 4. The Bertz CT molecular complexity index is 1030. The highest BCUT2D eigenvalue weighted by molar-refractivity contribution is 6.35. The van der Waals surface area contributed by atoms with Crippen molar-refractivity contribution in [2.45, 2.75) is 44.4 Å². The molecule has 35 heavy (non-hydrogen) atoms. The maximum absolute atomic E-state index is 12.4. The van der Waals surface area contributed by atoms with E-state index in [1.165, 1.54) is 31.5 Å². The summed E-state index contributed by atoms with van der Waals surface area (Å²) >= 11 is 12.0. The van der Waals surface area contributed by atoms with Gasteiger partial charge in [-0.3, -0.25) is 9.69 Å². The molecule has 2 aliphatic heterocycles. The summed E-state index contributed by atoms with van der Waals surface area (Å²) in [7, 11) is 0. The molecule has 2 fully saturated rings. The predicted octanol–water partition coefficient (Wildman–Crippen LogP) is 5.94. The minimum Gasteiger partial charge on any atom is -0.475 e. The monoisotopic (exact) mass is 531 g/mol. The topological polar surface area (TPSA) is 72.9 Å². The van der Waals surface area contributed by atoms with Gasteiger partial charge in [0.25, 0.3) is 5.91 Å². The van der Waals surface area contributed by atoms with Gasteiger partial charge in [-0.15, -0.1) is 0 Å². The number of benzene rings is 2. The summed E-state index contributed by atoms with van der Waals surface area (Å²) in [4.78, 5) is 26.4. The molecule has 2 saturated heterocycles. The number of carboxylic acid groups (broad SMARTS) is 1. The standard InChI is InChI=1S/C22H25Cl2N3O.C2HF3O2/c1-15-3-2-9-27(15)21-8-10-26(14-21)20-6-4-19(5-7-20)25-22(28)16-11-17(23)13-18(24)12-16;3-2(4,5)1(6)7/h4-7,11-13,15,21H,2-3,8-10,14H2,1H3,(H,25,28);(H,6,7). The summed E-state index contributed by atoms with van der Waals surface area (Å²) in [5, 5.41) is 10.9. The van der Waals surface area contributed by atoms with E-state index >= 15 is 0 Å². The molecular formula is C24H26Cl2F3N3O3. The van der Waals surface area contributed by atoms with E-state index in [-0.39, 0.29) is 5.91 Å². The van der Waals surface area contributed by atoms with E-state index in [4.69, 9.17) is 33.1 Å². The number of aliphatic carboxylic acids is 1. The number of nitrogens with one attached hydrogen (secondary N) is 1. The van der Waals surface area contributed by atoms with Crippen LogP contribution in [0.2, 0.25) is 10.0 Å². The van der Waals surface area contributed by atoms with Crippen LogP contribution in [0.4, 0.5) is 24.5 Å². The smallest absolute Gasteiger partial charge is 0.475 e. The van der Waals surface area contributed by atoms with Crippen LogP contribution in [-0.4, -0.2) is 59.8 Å². The number of likely N-dealkylation sites (tertiary alicyclic amines) is 1. The molecule has 2 atom stereocenters. The van der Waals surface area contributed by atoms with Crippen LogP contribution in [-0.2, 0) is 4.79 Å². The molecule has 2 aromatic carbocycles. The van der Waals surface area contributed by atoms with Crippen LogP contribution in [0.1, 0.15) is 36.5 Å². The van der Waals surface area contributed by atoms with E-state index in [2.05, 4.69) is 34.2 Å². The van der Waals surface area contributed by atoms with E-state index in [9.17, 15) is 18.0 Å². The van der Waals surface area contributed by atoms with Crippen molar-refractivity contribution in [3.05, 3.63) is 58.1 Å². The number of hydrogen-bond donors (Lipinski definition) is 2. The Morgan fingerprint density at radius 1 is 1.03 bits per heavy atom. The van der Waals surface area contributed by atoms with Crippen molar-refractivity contribution in [3.8, 4) is 0 Å². The largest absolute Gasteiger partial charge is 0.490 e. The third-order valence-corrected chi connectivity index (χ3v) is 6.53. The van der Waals surface area contributed by atoms with E-state index in [1.807, 2.05) is 12.1 Å². The van der Waals surface area contributed by atoms with E-state index in [0.717, 1.165) is 18.8 Å². The number of amides is 1. The first-order chi connectivity index (χ1) is 16.4. The van der Waals surface area contributed by atoms with Gasteiger partial charge in [0.15, 0.2) is 0 Å². The second-order valence-corrected chi connectivity index (χ2v) is 9.45. The summed E-state index contributed by atoms with van der Waals surface area (Å²) < 4.78 is 31.7. The number of anilines is 2. The third kappa shape index (κ3) is 7.49. The molecule has 0 spiro atoms. The van der Waals surface area contributed by atoms with Gasteiger partial charge in [0.1, 0.15) is 0 Å². The summed E-state index contributed by atoms with van der Waals surface area (Å²) in [6.07, 6.45) is -1.22. The molecule has 2 aromatic rings. The molecule has 4 rings (SSSR count). The number of alkyl halides is 3. The molecule has 6 nitrogen and oxygen atoms in total. The van der Waals surface area contributed by atoms with Crippen molar-refractivity contribution in [2.75, 3.05) is 29.9 Å². The molecule has 11 heteroatoms. The number of carbonyl (C=O) groups excluding carboxylic acids is 1. The van der Waals surface area contributed by atoms with Gasteiger partial charge in [0, 0.05) is 52.2 Å².